The van der Waals surface area contributed by atoms with Crippen LogP contribution in [-0.4, -0.2) is 32.8 Å². The van der Waals surface area contributed by atoms with Gasteiger partial charge in [-0.3, -0.25) is 14.9 Å². The van der Waals surface area contributed by atoms with Gasteiger partial charge in [0.25, 0.3) is 5.69 Å². The Labute approximate surface area is 174 Å². The number of rotatable bonds is 6. The summed E-state index contributed by atoms with van der Waals surface area (Å²) in [5, 5.41) is 18.7. The number of aliphatic imine (C=N–C) groups is 1. The summed E-state index contributed by atoms with van der Waals surface area (Å²) < 4.78 is 0.789. The van der Waals surface area contributed by atoms with E-state index >= 15 is 0 Å². The summed E-state index contributed by atoms with van der Waals surface area (Å²) in [7, 11) is 0. The minimum absolute atomic E-state index is 0.0552. The van der Waals surface area contributed by atoms with Gasteiger partial charge < -0.3 is 10.6 Å². The highest BCUT2D eigenvalue weighted by atomic mass is 32.2. The third-order valence-corrected chi connectivity index (χ3v) is 6.25. The fraction of sp³-hybridized carbons (Fsp3) is 0.211. The second kappa shape index (κ2) is 8.18. The predicted octanol–water partition coefficient (Wildman–Crippen LogP) is 4.29. The average Bonchev–Trinajstić information content (AvgIpc) is 3.24. The van der Waals surface area contributed by atoms with Gasteiger partial charge in [-0.25, -0.2) is 9.98 Å². The fourth-order valence-electron chi connectivity index (χ4n) is 2.79. The van der Waals surface area contributed by atoms with Crippen LogP contribution < -0.4 is 10.6 Å². The lowest BCUT2D eigenvalue weighted by Gasteiger charge is -2.07. The van der Waals surface area contributed by atoms with Crippen LogP contribution in [0.1, 0.15) is 12.5 Å². The number of fused-ring (bicyclic) bond motifs is 1. The van der Waals surface area contributed by atoms with E-state index in [0.29, 0.717) is 11.7 Å². The number of aromatic nitrogens is 1. The molecule has 0 radical (unpaired) electrons. The molecule has 0 saturated carbocycles. The van der Waals surface area contributed by atoms with E-state index in [4.69, 9.17) is 0 Å². The van der Waals surface area contributed by atoms with Crippen LogP contribution in [0.15, 0.2) is 47.5 Å². The molecule has 0 bridgehead atoms. The maximum absolute atomic E-state index is 11.5. The number of carbonyl (C=O) groups excluding carboxylic acids is 1. The van der Waals surface area contributed by atoms with Gasteiger partial charge in [-0.05, 0) is 48.9 Å². The Morgan fingerprint density at radius 1 is 1.21 bits per heavy atom. The molecular weight excluding hydrogens is 410 g/mol. The topological polar surface area (TPSA) is 110 Å². The van der Waals surface area contributed by atoms with Gasteiger partial charge in [0, 0.05) is 24.4 Å². The fourth-order valence-corrected chi connectivity index (χ4v) is 4.51. The van der Waals surface area contributed by atoms with Crippen molar-refractivity contribution in [1.29, 1.82) is 0 Å². The monoisotopic (exact) mass is 427 g/mol. The van der Waals surface area contributed by atoms with Crippen LogP contribution in [0.5, 0.6) is 0 Å². The van der Waals surface area contributed by atoms with E-state index in [-0.39, 0.29) is 16.8 Å². The number of hydrogen-bond acceptors (Lipinski definition) is 9. The van der Waals surface area contributed by atoms with Crippen LogP contribution in [0.4, 0.5) is 16.5 Å². The maximum atomic E-state index is 11.5. The maximum Gasteiger partial charge on any atom is 0.270 e. The number of nitro groups is 1. The van der Waals surface area contributed by atoms with Crippen LogP contribution in [-0.2, 0) is 11.2 Å². The quantitative estimate of drug-likeness (QED) is 0.446. The third kappa shape index (κ3) is 4.54. The van der Waals surface area contributed by atoms with Gasteiger partial charge in [-0.15, -0.1) is 0 Å². The molecule has 0 fully saturated rings. The highest BCUT2D eigenvalue weighted by molar-refractivity contribution is 8.27. The van der Waals surface area contributed by atoms with Crippen LogP contribution in [0.2, 0.25) is 0 Å². The van der Waals surface area contributed by atoms with Gasteiger partial charge >= 0.3 is 0 Å². The molecule has 0 aliphatic carbocycles. The molecule has 1 aromatic heterocycles. The van der Waals surface area contributed by atoms with Crippen molar-refractivity contribution in [2.45, 2.75) is 19.4 Å². The lowest BCUT2D eigenvalue weighted by molar-refractivity contribution is -0.384. The number of benzene rings is 2. The molecule has 1 aliphatic heterocycles. The SMILES string of the molecule is C[C@@H]1N=C(Nc2ccc(CCNc3nc4ccc([N+](=O)[O-])cc4s3)cc2)SC1=O. The first-order valence-corrected chi connectivity index (χ1v) is 10.6. The number of nitrogens with one attached hydrogen (secondary N) is 2. The van der Waals surface area contributed by atoms with Crippen molar-refractivity contribution in [2.24, 2.45) is 4.99 Å². The summed E-state index contributed by atoms with van der Waals surface area (Å²) in [6, 6.07) is 12.4. The van der Waals surface area contributed by atoms with Gasteiger partial charge in [0.15, 0.2) is 10.3 Å². The van der Waals surface area contributed by atoms with Gasteiger partial charge in [0.1, 0.15) is 6.04 Å². The summed E-state index contributed by atoms with van der Waals surface area (Å²) in [5.41, 5.74) is 2.87. The zero-order valence-corrected chi connectivity index (χ0v) is 17.0. The zero-order chi connectivity index (χ0) is 20.4. The van der Waals surface area contributed by atoms with Crippen molar-refractivity contribution in [3.63, 3.8) is 0 Å². The molecule has 1 aliphatic rings. The molecule has 148 valence electrons. The van der Waals surface area contributed by atoms with Gasteiger partial charge in [-0.2, -0.15) is 0 Å². The van der Waals surface area contributed by atoms with Crippen molar-refractivity contribution in [3.8, 4) is 0 Å². The minimum atomic E-state index is -0.402. The van der Waals surface area contributed by atoms with E-state index in [1.54, 1.807) is 19.1 Å². The van der Waals surface area contributed by atoms with Crippen LogP contribution in [0, 0.1) is 10.1 Å². The molecule has 2 heterocycles. The molecule has 0 saturated heterocycles. The number of hydrogen-bond donors (Lipinski definition) is 2. The number of carbonyl (C=O) groups is 1. The Morgan fingerprint density at radius 2 is 2.00 bits per heavy atom. The summed E-state index contributed by atoms with van der Waals surface area (Å²) in [5.74, 6) is 0. The zero-order valence-electron chi connectivity index (χ0n) is 15.4. The smallest absolute Gasteiger partial charge is 0.270 e. The van der Waals surface area contributed by atoms with E-state index in [1.165, 1.54) is 17.4 Å². The molecule has 8 nitrogen and oxygen atoms in total. The minimum Gasteiger partial charge on any atom is -0.361 e. The summed E-state index contributed by atoms with van der Waals surface area (Å²) in [6.45, 7) is 2.48. The van der Waals surface area contributed by atoms with Gasteiger partial charge in [-0.1, -0.05) is 23.5 Å². The number of nitrogens with zero attached hydrogens (tertiary/aromatic N) is 3. The number of thiazole rings is 1. The van der Waals surface area contributed by atoms with Crippen molar-refractivity contribution >= 4 is 60.1 Å². The number of nitro benzene ring substituents is 1. The standard InChI is InChI=1S/C19H17N5O3S2/c1-11-17(25)29-19(21-11)22-13-4-2-12(3-5-13)8-9-20-18-23-15-7-6-14(24(26)27)10-16(15)28-18/h2-7,10-11H,8-9H2,1H3,(H,20,23)(H,21,22)/t11-/m0/s1. The largest absolute Gasteiger partial charge is 0.361 e. The Hall–Kier alpha value is -2.98. The molecule has 0 spiro atoms. The Morgan fingerprint density at radius 3 is 2.69 bits per heavy atom. The van der Waals surface area contributed by atoms with Gasteiger partial charge in [0.05, 0.1) is 15.1 Å². The highest BCUT2D eigenvalue weighted by Gasteiger charge is 2.23. The molecule has 2 aromatic carbocycles. The van der Waals surface area contributed by atoms with Crippen molar-refractivity contribution in [2.75, 3.05) is 17.2 Å². The van der Waals surface area contributed by atoms with Gasteiger partial charge in [0.2, 0.25) is 5.12 Å². The van der Waals surface area contributed by atoms with E-state index in [0.717, 1.165) is 44.8 Å². The molecule has 0 amide bonds. The van der Waals surface area contributed by atoms with Crippen molar-refractivity contribution in [3.05, 3.63) is 58.1 Å². The number of amidine groups is 1. The summed E-state index contributed by atoms with van der Waals surface area (Å²) in [6.07, 6.45) is 0.807. The first kappa shape index (κ1) is 19.3. The van der Waals surface area contributed by atoms with Crippen LogP contribution in [0.3, 0.4) is 0 Å². The lowest BCUT2D eigenvalue weighted by atomic mass is 10.1. The molecule has 1 atom stereocenters. The summed E-state index contributed by atoms with van der Waals surface area (Å²) >= 11 is 2.54. The number of thioether (sulfide) groups is 1. The Kier molecular flexibility index (Phi) is 5.45. The second-order valence-electron chi connectivity index (χ2n) is 6.46. The first-order chi connectivity index (χ1) is 14.0. The normalized spacial score (nSPS) is 16.1. The molecule has 3 aromatic rings. The summed E-state index contributed by atoms with van der Waals surface area (Å²) in [4.78, 5) is 30.7. The van der Waals surface area contributed by atoms with Crippen molar-refractivity contribution in [1.82, 2.24) is 4.98 Å². The van der Waals surface area contributed by atoms with E-state index in [9.17, 15) is 14.9 Å². The van der Waals surface area contributed by atoms with Crippen LogP contribution >= 0.6 is 23.1 Å². The molecule has 2 N–H and O–H groups in total. The third-order valence-electron chi connectivity index (χ3n) is 4.33. The van der Waals surface area contributed by atoms with E-state index < -0.39 is 4.92 Å². The first-order valence-electron chi connectivity index (χ1n) is 8.92. The van der Waals surface area contributed by atoms with E-state index in [1.807, 2.05) is 24.3 Å². The molecule has 29 heavy (non-hydrogen) atoms. The molecule has 0 unspecified atom stereocenters. The molecular formula is C19H17N5O3S2. The number of non-ortho nitro benzene ring substituents is 1. The Bertz CT molecular complexity index is 1110. The average molecular weight is 428 g/mol. The Balaban J connectivity index is 1.31. The van der Waals surface area contributed by atoms with Crippen LogP contribution in [0.25, 0.3) is 10.2 Å². The molecule has 10 heteroatoms. The predicted molar refractivity (Wildman–Crippen MR) is 118 cm³/mol. The molecule has 4 rings (SSSR count). The van der Waals surface area contributed by atoms with Crippen molar-refractivity contribution < 1.29 is 9.72 Å². The lowest BCUT2D eigenvalue weighted by Crippen LogP contribution is -2.06. The number of anilines is 2. The second-order valence-corrected chi connectivity index (χ2v) is 8.48. The highest BCUT2D eigenvalue weighted by Crippen LogP contribution is 2.29. The van der Waals surface area contributed by atoms with E-state index in [2.05, 4.69) is 20.6 Å².